The smallest absolute Gasteiger partial charge is 0.323 e. The molecule has 0 radical (unpaired) electrons. The minimum Gasteiger partial charge on any atom is -0.480 e. The molecule has 2 aromatic rings. The number of carboxylic acids is 1. The molecule has 2 atom stereocenters. The van der Waals surface area contributed by atoms with Crippen molar-refractivity contribution in [1.82, 2.24) is 9.80 Å². The van der Waals surface area contributed by atoms with Gasteiger partial charge in [-0.2, -0.15) is 0 Å². The molecule has 142 valence electrons. The first-order valence-electron chi connectivity index (χ1n) is 8.65. The van der Waals surface area contributed by atoms with Gasteiger partial charge in [-0.05, 0) is 17.7 Å². The summed E-state index contributed by atoms with van der Waals surface area (Å²) >= 11 is 1.34. The lowest BCUT2D eigenvalue weighted by molar-refractivity contribution is -0.146. The van der Waals surface area contributed by atoms with Gasteiger partial charge in [0.25, 0.3) is 11.8 Å². The molecule has 2 aliphatic heterocycles. The van der Waals surface area contributed by atoms with E-state index in [1.165, 1.54) is 16.7 Å². The van der Waals surface area contributed by atoms with E-state index in [1.807, 2.05) is 30.3 Å². The fourth-order valence-corrected chi connectivity index (χ4v) is 4.89. The van der Waals surface area contributed by atoms with E-state index in [-0.39, 0.29) is 16.9 Å². The zero-order chi connectivity index (χ0) is 19.8. The number of aliphatic carboxylic acids is 1. The number of rotatable bonds is 4. The van der Waals surface area contributed by atoms with Crippen molar-refractivity contribution >= 4 is 35.5 Å². The maximum Gasteiger partial charge on any atom is 0.323 e. The number of hydrogen-bond acceptors (Lipinski definition) is 5. The first kappa shape index (κ1) is 18.2. The number of imide groups is 1. The molecular formula is C20H16N2O5S. The van der Waals surface area contributed by atoms with Gasteiger partial charge in [0, 0.05) is 5.75 Å². The summed E-state index contributed by atoms with van der Waals surface area (Å²) in [5.41, 5.74) is 1.32. The number of hydrogen-bond donors (Lipinski definition) is 1. The quantitative estimate of drug-likeness (QED) is 0.795. The van der Waals surface area contributed by atoms with Crippen LogP contribution in [0.5, 0.6) is 0 Å². The number of carboxylic acid groups (broad SMARTS) is 1. The maximum atomic E-state index is 13.2. The van der Waals surface area contributed by atoms with Gasteiger partial charge in [0.1, 0.15) is 18.0 Å². The molecule has 4 rings (SSSR count). The van der Waals surface area contributed by atoms with Gasteiger partial charge in [0.15, 0.2) is 0 Å². The van der Waals surface area contributed by atoms with Gasteiger partial charge in [0.2, 0.25) is 5.91 Å². The highest BCUT2D eigenvalue weighted by molar-refractivity contribution is 7.99. The van der Waals surface area contributed by atoms with Crippen LogP contribution in [0.3, 0.4) is 0 Å². The van der Waals surface area contributed by atoms with Crippen LogP contribution in [0.1, 0.15) is 31.7 Å². The summed E-state index contributed by atoms with van der Waals surface area (Å²) < 4.78 is 0. The molecule has 1 saturated heterocycles. The van der Waals surface area contributed by atoms with E-state index in [4.69, 9.17) is 0 Å². The molecule has 1 fully saturated rings. The zero-order valence-electron chi connectivity index (χ0n) is 14.6. The summed E-state index contributed by atoms with van der Waals surface area (Å²) in [4.78, 5) is 52.2. The molecule has 0 spiro atoms. The van der Waals surface area contributed by atoms with E-state index >= 15 is 0 Å². The summed E-state index contributed by atoms with van der Waals surface area (Å²) in [6.45, 7) is -0.509. The predicted molar refractivity (Wildman–Crippen MR) is 102 cm³/mol. The number of carbonyl (C=O) groups excluding carboxylic acids is 3. The Bertz CT molecular complexity index is 943. The van der Waals surface area contributed by atoms with Gasteiger partial charge in [-0.3, -0.25) is 24.1 Å². The van der Waals surface area contributed by atoms with Gasteiger partial charge in [-0.15, -0.1) is 11.8 Å². The third-order valence-electron chi connectivity index (χ3n) is 4.79. The number of nitrogens with zero attached hydrogens (tertiary/aromatic N) is 2. The van der Waals surface area contributed by atoms with Crippen LogP contribution in [-0.4, -0.2) is 56.9 Å². The van der Waals surface area contributed by atoms with Gasteiger partial charge in [0.05, 0.1) is 11.1 Å². The van der Waals surface area contributed by atoms with Gasteiger partial charge in [-0.1, -0.05) is 42.5 Å². The third kappa shape index (κ3) is 2.95. The summed E-state index contributed by atoms with van der Waals surface area (Å²) in [5.74, 6) is -2.52. The molecule has 1 N–H and O–H groups in total. The van der Waals surface area contributed by atoms with Crippen LogP contribution in [0.15, 0.2) is 54.6 Å². The van der Waals surface area contributed by atoms with Gasteiger partial charge in [-0.25, -0.2) is 0 Å². The normalized spacial score (nSPS) is 21.8. The second kappa shape index (κ2) is 7.12. The Kier molecular flexibility index (Phi) is 4.64. The molecule has 28 heavy (non-hydrogen) atoms. The first-order valence-corrected chi connectivity index (χ1v) is 9.69. The lowest BCUT2D eigenvalue weighted by Gasteiger charge is -2.40. The molecule has 1 unspecified atom stereocenters. The molecule has 2 heterocycles. The Morgan fingerprint density at radius 1 is 0.964 bits per heavy atom. The molecule has 0 bridgehead atoms. The van der Waals surface area contributed by atoms with Crippen molar-refractivity contribution in [1.29, 1.82) is 0 Å². The number of benzene rings is 2. The van der Waals surface area contributed by atoms with E-state index in [2.05, 4.69) is 0 Å². The molecule has 8 heteroatoms. The molecule has 2 aliphatic rings. The van der Waals surface area contributed by atoms with Gasteiger partial charge >= 0.3 is 5.97 Å². The minimum absolute atomic E-state index is 0.208. The summed E-state index contributed by atoms with van der Waals surface area (Å²) in [6.07, 6.45) is 0. The SMILES string of the molecule is O=C(O)CN1C(=O)[C@@H](N2C(=O)c3ccccc3C2=O)CSC1c1ccccc1. The Morgan fingerprint density at radius 3 is 2.11 bits per heavy atom. The Balaban J connectivity index is 1.66. The lowest BCUT2D eigenvalue weighted by Crippen LogP contribution is -2.56. The summed E-state index contributed by atoms with van der Waals surface area (Å²) in [6, 6.07) is 14.5. The Morgan fingerprint density at radius 2 is 1.54 bits per heavy atom. The minimum atomic E-state index is -1.15. The van der Waals surface area contributed by atoms with Crippen molar-refractivity contribution in [3.8, 4) is 0 Å². The summed E-state index contributed by atoms with van der Waals surface area (Å²) in [7, 11) is 0. The van der Waals surface area contributed by atoms with Crippen LogP contribution in [-0.2, 0) is 9.59 Å². The first-order chi connectivity index (χ1) is 13.5. The largest absolute Gasteiger partial charge is 0.480 e. The highest BCUT2D eigenvalue weighted by atomic mass is 32.2. The highest BCUT2D eigenvalue weighted by Gasteiger charge is 2.47. The maximum absolute atomic E-state index is 13.2. The molecule has 3 amide bonds. The molecular weight excluding hydrogens is 380 g/mol. The fourth-order valence-electron chi connectivity index (χ4n) is 3.53. The number of carbonyl (C=O) groups is 4. The number of fused-ring (bicyclic) bond motifs is 1. The molecule has 0 saturated carbocycles. The van der Waals surface area contributed by atoms with Crippen molar-refractivity contribution < 1.29 is 24.3 Å². The molecule has 0 aliphatic carbocycles. The molecule has 7 nitrogen and oxygen atoms in total. The molecule has 0 aromatic heterocycles. The van der Waals surface area contributed by atoms with Crippen molar-refractivity contribution in [2.75, 3.05) is 12.3 Å². The highest BCUT2D eigenvalue weighted by Crippen LogP contribution is 2.39. The predicted octanol–water partition coefficient (Wildman–Crippen LogP) is 2.01. The topological polar surface area (TPSA) is 95.0 Å². The van der Waals surface area contributed by atoms with E-state index in [0.29, 0.717) is 0 Å². The Labute approximate surface area is 164 Å². The van der Waals surface area contributed by atoms with Crippen LogP contribution >= 0.6 is 11.8 Å². The number of thioether (sulfide) groups is 1. The van der Waals surface area contributed by atoms with E-state index in [0.717, 1.165) is 10.5 Å². The van der Waals surface area contributed by atoms with Crippen LogP contribution in [0.25, 0.3) is 0 Å². The fraction of sp³-hybridized carbons (Fsp3) is 0.200. The van der Waals surface area contributed by atoms with E-state index in [9.17, 15) is 24.3 Å². The monoisotopic (exact) mass is 396 g/mol. The van der Waals surface area contributed by atoms with E-state index < -0.39 is 41.7 Å². The van der Waals surface area contributed by atoms with Crippen molar-refractivity contribution in [3.05, 3.63) is 71.3 Å². The number of amides is 3. The zero-order valence-corrected chi connectivity index (χ0v) is 15.5. The average molecular weight is 396 g/mol. The standard InChI is InChI=1S/C20H16N2O5S/c23-16(24)10-21-19(27)15(11-28-20(21)12-6-2-1-3-7-12)22-17(25)13-8-4-5-9-14(13)18(22)26/h1-9,15,20H,10-11H2,(H,23,24)/t15-,20?/m0/s1. The van der Waals surface area contributed by atoms with Crippen molar-refractivity contribution in [2.24, 2.45) is 0 Å². The van der Waals surface area contributed by atoms with Crippen LogP contribution in [0, 0.1) is 0 Å². The van der Waals surface area contributed by atoms with Crippen LogP contribution in [0.4, 0.5) is 0 Å². The van der Waals surface area contributed by atoms with Gasteiger partial charge < -0.3 is 10.0 Å². The van der Waals surface area contributed by atoms with Crippen molar-refractivity contribution in [2.45, 2.75) is 11.4 Å². The van der Waals surface area contributed by atoms with Crippen LogP contribution in [0.2, 0.25) is 0 Å². The summed E-state index contributed by atoms with van der Waals surface area (Å²) in [5, 5.41) is 8.81. The van der Waals surface area contributed by atoms with Crippen LogP contribution < -0.4 is 0 Å². The average Bonchev–Trinajstić information content (AvgIpc) is 2.95. The third-order valence-corrected chi connectivity index (χ3v) is 6.14. The second-order valence-corrected chi connectivity index (χ2v) is 7.61. The molecule has 2 aromatic carbocycles. The van der Waals surface area contributed by atoms with Crippen molar-refractivity contribution in [3.63, 3.8) is 0 Å². The van der Waals surface area contributed by atoms with E-state index in [1.54, 1.807) is 24.3 Å². The lowest BCUT2D eigenvalue weighted by atomic mass is 10.1. The second-order valence-electron chi connectivity index (χ2n) is 6.50. The Hall–Kier alpha value is -3.13.